The molecule has 1 aliphatic heterocycles. The summed E-state index contributed by atoms with van der Waals surface area (Å²) in [5.41, 5.74) is 0.387. The van der Waals surface area contributed by atoms with E-state index in [-0.39, 0.29) is 6.10 Å². The second-order valence-electron chi connectivity index (χ2n) is 5.83. The largest absolute Gasteiger partial charge is 0.377 e. The van der Waals surface area contributed by atoms with Gasteiger partial charge in [-0.25, -0.2) is 0 Å². The lowest BCUT2D eigenvalue weighted by Gasteiger charge is -2.34. The molecule has 2 nitrogen and oxygen atoms in total. The smallest absolute Gasteiger partial charge is 0.146 e. The maximum atomic E-state index is 11.6. The van der Waals surface area contributed by atoms with Crippen molar-refractivity contribution in [1.29, 1.82) is 0 Å². The Balaban J connectivity index is 1.90. The van der Waals surface area contributed by atoms with Crippen molar-refractivity contribution >= 4 is 0 Å². The van der Waals surface area contributed by atoms with Crippen LogP contribution in [-0.2, 0) is 10.3 Å². The SMILES string of the molecule is OC(c1ccccc1)(c1ccccc1)[C@@]12CCC[C@@H]1O2. The van der Waals surface area contributed by atoms with E-state index in [9.17, 15) is 5.11 Å². The molecule has 2 aliphatic rings. The quantitative estimate of drug-likeness (QED) is 0.865. The first kappa shape index (κ1) is 12.1. The molecule has 0 aromatic heterocycles. The van der Waals surface area contributed by atoms with Crippen LogP contribution in [0.15, 0.2) is 60.7 Å². The molecule has 0 unspecified atom stereocenters. The Morgan fingerprint density at radius 1 is 0.950 bits per heavy atom. The van der Waals surface area contributed by atoms with Gasteiger partial charge in [-0.2, -0.15) is 0 Å². The van der Waals surface area contributed by atoms with Crippen LogP contribution < -0.4 is 0 Å². The molecule has 1 saturated carbocycles. The molecule has 2 atom stereocenters. The van der Waals surface area contributed by atoms with E-state index in [2.05, 4.69) is 0 Å². The summed E-state index contributed by atoms with van der Waals surface area (Å²) in [5, 5.41) is 11.6. The van der Waals surface area contributed by atoms with Gasteiger partial charge in [0, 0.05) is 0 Å². The number of fused-ring (bicyclic) bond motifs is 1. The van der Waals surface area contributed by atoms with Crippen molar-refractivity contribution in [2.75, 3.05) is 0 Å². The number of hydrogen-bond donors (Lipinski definition) is 1. The van der Waals surface area contributed by atoms with Crippen molar-refractivity contribution in [1.82, 2.24) is 0 Å². The van der Waals surface area contributed by atoms with Crippen molar-refractivity contribution in [3.05, 3.63) is 71.8 Å². The molecule has 1 heterocycles. The Bertz CT molecular complexity index is 568. The van der Waals surface area contributed by atoms with Gasteiger partial charge in [0.2, 0.25) is 0 Å². The van der Waals surface area contributed by atoms with Gasteiger partial charge in [0.15, 0.2) is 0 Å². The van der Waals surface area contributed by atoms with Gasteiger partial charge in [0.25, 0.3) is 0 Å². The third kappa shape index (κ3) is 1.46. The lowest BCUT2D eigenvalue weighted by molar-refractivity contribution is -0.0110. The van der Waals surface area contributed by atoms with Gasteiger partial charge in [-0.3, -0.25) is 0 Å². The lowest BCUT2D eigenvalue weighted by atomic mass is 9.74. The van der Waals surface area contributed by atoms with Crippen LogP contribution >= 0.6 is 0 Å². The first-order chi connectivity index (χ1) is 9.77. The molecule has 2 aromatic carbocycles. The molecule has 2 heteroatoms. The Hall–Kier alpha value is -1.64. The molecule has 1 N–H and O–H groups in total. The zero-order valence-electron chi connectivity index (χ0n) is 11.3. The van der Waals surface area contributed by atoms with Crippen LogP contribution in [0.3, 0.4) is 0 Å². The van der Waals surface area contributed by atoms with Crippen LogP contribution in [0.1, 0.15) is 30.4 Å². The van der Waals surface area contributed by atoms with E-state index in [4.69, 9.17) is 4.74 Å². The van der Waals surface area contributed by atoms with Crippen molar-refractivity contribution in [2.24, 2.45) is 0 Å². The van der Waals surface area contributed by atoms with E-state index >= 15 is 0 Å². The molecule has 102 valence electrons. The maximum Gasteiger partial charge on any atom is 0.146 e. The Labute approximate surface area is 119 Å². The van der Waals surface area contributed by atoms with Crippen LogP contribution in [0.4, 0.5) is 0 Å². The zero-order chi connectivity index (χ0) is 13.6. The monoisotopic (exact) mass is 266 g/mol. The standard InChI is InChI=1S/C18H18O2/c19-18(14-8-3-1-4-9-14,15-10-5-2-6-11-15)17-13-7-12-16(17)20-17/h1-6,8-11,16,19H,7,12-13H2/t16-,17+/m0/s1. The summed E-state index contributed by atoms with van der Waals surface area (Å²) in [5.74, 6) is 0. The first-order valence-electron chi connectivity index (χ1n) is 7.29. The maximum absolute atomic E-state index is 11.6. The Kier molecular flexibility index (Phi) is 2.53. The van der Waals surface area contributed by atoms with Crippen molar-refractivity contribution in [3.8, 4) is 0 Å². The summed E-state index contributed by atoms with van der Waals surface area (Å²) < 4.78 is 5.96. The molecular weight excluding hydrogens is 248 g/mol. The van der Waals surface area contributed by atoms with E-state index in [0.29, 0.717) is 0 Å². The molecule has 0 amide bonds. The van der Waals surface area contributed by atoms with E-state index in [0.717, 1.165) is 30.4 Å². The van der Waals surface area contributed by atoms with Gasteiger partial charge < -0.3 is 9.84 Å². The normalized spacial score (nSPS) is 28.1. The van der Waals surface area contributed by atoms with Crippen LogP contribution in [0.25, 0.3) is 0 Å². The summed E-state index contributed by atoms with van der Waals surface area (Å²) in [4.78, 5) is 0. The summed E-state index contributed by atoms with van der Waals surface area (Å²) >= 11 is 0. The first-order valence-corrected chi connectivity index (χ1v) is 7.29. The molecule has 20 heavy (non-hydrogen) atoms. The highest BCUT2D eigenvalue weighted by atomic mass is 16.6. The molecular formula is C18H18O2. The van der Waals surface area contributed by atoms with Crippen LogP contribution in [0, 0.1) is 0 Å². The number of hydrogen-bond acceptors (Lipinski definition) is 2. The van der Waals surface area contributed by atoms with Gasteiger partial charge in [-0.15, -0.1) is 0 Å². The topological polar surface area (TPSA) is 32.8 Å². The predicted octanol–water partition coefficient (Wildman–Crippen LogP) is 3.24. The highest BCUT2D eigenvalue weighted by molar-refractivity contribution is 5.43. The third-order valence-electron chi connectivity index (χ3n) is 4.83. The van der Waals surface area contributed by atoms with E-state index in [1.54, 1.807) is 0 Å². The molecule has 1 saturated heterocycles. The number of benzene rings is 2. The average molecular weight is 266 g/mol. The van der Waals surface area contributed by atoms with Crippen LogP contribution in [0.5, 0.6) is 0 Å². The molecule has 1 aliphatic carbocycles. The third-order valence-corrected chi connectivity index (χ3v) is 4.83. The number of ether oxygens (including phenoxy) is 1. The van der Waals surface area contributed by atoms with Gasteiger partial charge in [0.05, 0.1) is 6.10 Å². The Morgan fingerprint density at radius 2 is 1.50 bits per heavy atom. The van der Waals surface area contributed by atoms with Gasteiger partial charge in [0.1, 0.15) is 11.2 Å². The van der Waals surface area contributed by atoms with Crippen molar-refractivity contribution < 1.29 is 9.84 Å². The average Bonchev–Trinajstić information content (AvgIpc) is 3.10. The second kappa shape index (κ2) is 4.18. The predicted molar refractivity (Wildman–Crippen MR) is 77.3 cm³/mol. The highest BCUT2D eigenvalue weighted by Gasteiger charge is 2.71. The van der Waals surface area contributed by atoms with Crippen LogP contribution in [0.2, 0.25) is 0 Å². The molecule has 4 rings (SSSR count). The summed E-state index contributed by atoms with van der Waals surface area (Å²) in [6.45, 7) is 0. The number of aliphatic hydroxyl groups is 1. The molecule has 0 spiro atoms. The Morgan fingerprint density at radius 3 is 1.90 bits per heavy atom. The zero-order valence-corrected chi connectivity index (χ0v) is 11.3. The fourth-order valence-corrected chi connectivity index (χ4v) is 3.80. The van der Waals surface area contributed by atoms with E-state index in [1.165, 1.54) is 0 Å². The second-order valence-corrected chi connectivity index (χ2v) is 5.83. The van der Waals surface area contributed by atoms with Gasteiger partial charge >= 0.3 is 0 Å². The fraction of sp³-hybridized carbons (Fsp3) is 0.333. The van der Waals surface area contributed by atoms with E-state index < -0.39 is 11.2 Å². The molecule has 2 fully saturated rings. The van der Waals surface area contributed by atoms with Gasteiger partial charge in [-0.1, -0.05) is 60.7 Å². The minimum Gasteiger partial charge on any atom is -0.377 e. The summed E-state index contributed by atoms with van der Waals surface area (Å²) in [7, 11) is 0. The fourth-order valence-electron chi connectivity index (χ4n) is 3.80. The number of epoxide rings is 1. The minimum atomic E-state index is -1.04. The van der Waals surface area contributed by atoms with Crippen molar-refractivity contribution in [2.45, 2.75) is 36.6 Å². The van der Waals surface area contributed by atoms with Crippen molar-refractivity contribution in [3.63, 3.8) is 0 Å². The lowest BCUT2D eigenvalue weighted by Crippen LogP contribution is -2.43. The molecule has 0 radical (unpaired) electrons. The molecule has 0 bridgehead atoms. The highest BCUT2D eigenvalue weighted by Crippen LogP contribution is 2.61. The minimum absolute atomic E-state index is 0.202. The molecule has 2 aromatic rings. The van der Waals surface area contributed by atoms with Crippen LogP contribution in [-0.4, -0.2) is 16.8 Å². The number of rotatable bonds is 3. The summed E-state index contributed by atoms with van der Waals surface area (Å²) in [6, 6.07) is 19.9. The summed E-state index contributed by atoms with van der Waals surface area (Å²) in [6.07, 6.45) is 3.32. The van der Waals surface area contributed by atoms with E-state index in [1.807, 2.05) is 60.7 Å². The van der Waals surface area contributed by atoms with Gasteiger partial charge in [-0.05, 0) is 30.4 Å².